The summed E-state index contributed by atoms with van der Waals surface area (Å²) in [6.07, 6.45) is 3.68. The molecule has 1 amide bonds. The van der Waals surface area contributed by atoms with E-state index in [4.69, 9.17) is 66.0 Å². The first-order valence-electron chi connectivity index (χ1n) is 14.3. The molecule has 0 aliphatic carbocycles. The Morgan fingerprint density at radius 3 is 2.33 bits per heavy atom. The maximum absolute atomic E-state index is 14.4. The van der Waals surface area contributed by atoms with Crippen molar-refractivity contribution in [2.75, 3.05) is 13.2 Å². The molecule has 0 spiro atoms. The fourth-order valence-electron chi connectivity index (χ4n) is 4.94. The molecular weight excluding hydrogens is 654 g/mol. The highest BCUT2D eigenvalue weighted by molar-refractivity contribution is 6.35. The molecule has 1 aliphatic heterocycles. The molecule has 0 saturated carbocycles. The zero-order valence-electron chi connectivity index (χ0n) is 24.1. The highest BCUT2D eigenvalue weighted by atomic mass is 35.5. The summed E-state index contributed by atoms with van der Waals surface area (Å²) < 4.78 is 12.2. The number of halogens is 4. The zero-order valence-corrected chi connectivity index (χ0v) is 27.1. The summed E-state index contributed by atoms with van der Waals surface area (Å²) in [5, 5.41) is 13.8. The lowest BCUT2D eigenvalue weighted by atomic mass is 9.84. The van der Waals surface area contributed by atoms with Gasteiger partial charge in [0.15, 0.2) is 11.6 Å². The molecule has 0 saturated heterocycles. The van der Waals surface area contributed by atoms with Crippen LogP contribution in [0.3, 0.4) is 0 Å². The largest absolute Gasteiger partial charge is 0.494 e. The Kier molecular flexibility index (Phi) is 11.1. The van der Waals surface area contributed by atoms with E-state index in [1.165, 1.54) is 0 Å². The number of benzene rings is 4. The van der Waals surface area contributed by atoms with Crippen LogP contribution < -0.4 is 10.1 Å². The number of ether oxygens (including phenoxy) is 2. The van der Waals surface area contributed by atoms with E-state index in [0.717, 1.165) is 5.56 Å². The number of carbonyl (C=O) groups excluding carboxylic acids is 1. The van der Waals surface area contributed by atoms with Crippen LogP contribution in [0.4, 0.5) is 0 Å². The number of carbonyl (C=O) groups is 1. The molecule has 1 heterocycles. The van der Waals surface area contributed by atoms with Crippen LogP contribution in [0.1, 0.15) is 41.2 Å². The molecule has 5 rings (SSSR count). The smallest absolute Gasteiger partial charge is 0.252 e. The van der Waals surface area contributed by atoms with Crippen molar-refractivity contribution < 1.29 is 19.4 Å². The maximum Gasteiger partial charge on any atom is 0.252 e. The molecule has 0 radical (unpaired) electrons. The quantitative estimate of drug-likeness (QED) is 0.146. The molecule has 2 N–H and O–H groups in total. The van der Waals surface area contributed by atoms with Gasteiger partial charge in [-0.2, -0.15) is 0 Å². The molecule has 0 bridgehead atoms. The minimum absolute atomic E-state index is 0.0461. The second-order valence-electron chi connectivity index (χ2n) is 10.4. The average Bonchev–Trinajstić information content (AvgIpc) is 3.42. The molecule has 0 aromatic heterocycles. The third kappa shape index (κ3) is 8.01. The molecule has 6 nitrogen and oxygen atoms in total. The van der Waals surface area contributed by atoms with Crippen LogP contribution in [0.5, 0.6) is 5.75 Å². The number of nitrogens with zero attached hydrogens (tertiary/aromatic N) is 1. The fraction of sp³-hybridized carbons (Fsp3) is 0.200. The summed E-state index contributed by atoms with van der Waals surface area (Å²) in [5.41, 5.74) is 1.44. The Morgan fingerprint density at radius 1 is 0.933 bits per heavy atom. The number of hydrogen-bond acceptors (Lipinski definition) is 5. The van der Waals surface area contributed by atoms with Gasteiger partial charge in [-0.25, -0.2) is 4.99 Å². The van der Waals surface area contributed by atoms with E-state index in [1.807, 2.05) is 54.6 Å². The van der Waals surface area contributed by atoms with Gasteiger partial charge in [-0.3, -0.25) is 4.79 Å². The molecule has 0 unspecified atom stereocenters. The first-order chi connectivity index (χ1) is 21.8. The van der Waals surface area contributed by atoms with Gasteiger partial charge in [-0.15, -0.1) is 0 Å². The predicted octanol–water partition coefficient (Wildman–Crippen LogP) is 8.74. The Bertz CT molecular complexity index is 1700. The first-order valence-corrected chi connectivity index (χ1v) is 15.8. The Labute approximate surface area is 282 Å². The van der Waals surface area contributed by atoms with E-state index in [2.05, 4.69) is 5.32 Å². The summed E-state index contributed by atoms with van der Waals surface area (Å²) in [6, 6.07) is 27.2. The summed E-state index contributed by atoms with van der Waals surface area (Å²) in [6.45, 7) is 0.578. The van der Waals surface area contributed by atoms with Crippen molar-refractivity contribution >= 4 is 64.3 Å². The zero-order chi connectivity index (χ0) is 31.8. The Balaban J connectivity index is 1.55. The van der Waals surface area contributed by atoms with E-state index in [9.17, 15) is 4.79 Å². The topological polar surface area (TPSA) is 80.2 Å². The van der Waals surface area contributed by atoms with Crippen molar-refractivity contribution in [2.24, 2.45) is 4.99 Å². The van der Waals surface area contributed by atoms with Gasteiger partial charge in [0.1, 0.15) is 5.75 Å². The molecule has 4 aromatic rings. The number of amides is 1. The Hall–Kier alpha value is -3.52. The monoisotopic (exact) mass is 682 g/mol. The van der Waals surface area contributed by atoms with Crippen molar-refractivity contribution in [3.05, 3.63) is 139 Å². The predicted molar refractivity (Wildman–Crippen MR) is 182 cm³/mol. The van der Waals surface area contributed by atoms with Gasteiger partial charge < -0.3 is 19.9 Å². The number of nitrogens with one attached hydrogen (secondary N) is 1. The highest BCUT2D eigenvalue weighted by Gasteiger charge is 2.53. The van der Waals surface area contributed by atoms with Crippen LogP contribution in [-0.4, -0.2) is 35.7 Å². The van der Waals surface area contributed by atoms with Gasteiger partial charge in [0.25, 0.3) is 5.91 Å². The molecule has 0 fully saturated rings. The van der Waals surface area contributed by atoms with Gasteiger partial charge >= 0.3 is 0 Å². The van der Waals surface area contributed by atoms with E-state index >= 15 is 0 Å². The van der Waals surface area contributed by atoms with Gasteiger partial charge in [-0.05, 0) is 59.7 Å². The SMILES string of the molecule is O=C(NCc1ccc(Cl)cc1Cl)[C@]1(C/C=C/c2ccccc2)N=C(c2ccc(OCCCO)cc2)O[C@@H]1c1ccc(Cl)cc1Cl. The van der Waals surface area contributed by atoms with Gasteiger partial charge in [0.05, 0.1) is 6.61 Å². The van der Waals surface area contributed by atoms with Gasteiger partial charge in [-0.1, -0.05) is 101 Å². The van der Waals surface area contributed by atoms with E-state index in [1.54, 1.807) is 48.5 Å². The first kappa shape index (κ1) is 32.9. The normalized spacial score (nSPS) is 17.6. The molecule has 2 atom stereocenters. The molecular formula is C35H30Cl4N2O4. The second kappa shape index (κ2) is 15.2. The van der Waals surface area contributed by atoms with Crippen LogP contribution >= 0.6 is 46.4 Å². The average molecular weight is 684 g/mol. The molecule has 10 heteroatoms. The second-order valence-corrected chi connectivity index (χ2v) is 12.1. The Morgan fingerprint density at radius 2 is 1.64 bits per heavy atom. The minimum Gasteiger partial charge on any atom is -0.494 e. The minimum atomic E-state index is -1.45. The molecule has 232 valence electrons. The standard InChI is InChI=1S/C35H30Cl4N2O4/c36-26-12-9-25(30(38)20-26)22-40-34(43)35(17-4-8-23-6-2-1-3-7-23)32(29-16-13-27(37)21-31(29)39)45-33(41-35)24-10-14-28(15-11-24)44-19-5-18-42/h1-4,6-16,20-21,32,42H,5,17-19,22H2,(H,40,43)/b8-4+/t32-,35-/m1/s1. The van der Waals surface area contributed by atoms with Crippen molar-refractivity contribution in [1.29, 1.82) is 0 Å². The maximum atomic E-state index is 14.4. The lowest BCUT2D eigenvalue weighted by molar-refractivity contribution is -0.129. The molecule has 45 heavy (non-hydrogen) atoms. The van der Waals surface area contributed by atoms with Crippen molar-refractivity contribution in [3.8, 4) is 5.75 Å². The van der Waals surface area contributed by atoms with E-state index < -0.39 is 11.6 Å². The third-order valence-corrected chi connectivity index (χ3v) is 8.42. The van der Waals surface area contributed by atoms with Crippen LogP contribution in [0.15, 0.2) is 102 Å². The van der Waals surface area contributed by atoms with E-state index in [0.29, 0.717) is 55.6 Å². The molecule has 4 aromatic carbocycles. The summed E-state index contributed by atoms with van der Waals surface area (Å²) in [4.78, 5) is 19.4. The summed E-state index contributed by atoms with van der Waals surface area (Å²) >= 11 is 25.5. The van der Waals surface area contributed by atoms with Gasteiger partial charge in [0.2, 0.25) is 5.90 Å². The number of aliphatic hydroxyl groups excluding tert-OH is 1. The number of rotatable bonds is 12. The summed E-state index contributed by atoms with van der Waals surface area (Å²) in [7, 11) is 0. The molecule has 1 aliphatic rings. The van der Waals surface area contributed by atoms with Crippen LogP contribution in [0.2, 0.25) is 20.1 Å². The van der Waals surface area contributed by atoms with Crippen molar-refractivity contribution in [2.45, 2.75) is 31.0 Å². The summed E-state index contributed by atoms with van der Waals surface area (Å²) in [5.74, 6) is 0.541. The van der Waals surface area contributed by atoms with Crippen LogP contribution in [-0.2, 0) is 16.1 Å². The lowest BCUT2D eigenvalue weighted by Gasteiger charge is -2.30. The van der Waals surface area contributed by atoms with Crippen LogP contribution in [0, 0.1) is 0 Å². The third-order valence-electron chi connectivity index (χ3n) is 7.27. The fourth-order valence-corrected chi connectivity index (χ4v) is 5.92. The van der Waals surface area contributed by atoms with Gasteiger partial charge in [0, 0.05) is 57.2 Å². The van der Waals surface area contributed by atoms with Crippen LogP contribution in [0.25, 0.3) is 6.08 Å². The van der Waals surface area contributed by atoms with Crippen molar-refractivity contribution in [3.63, 3.8) is 0 Å². The number of aliphatic hydroxyl groups is 1. The number of aliphatic imine (C=N–C) groups is 1. The van der Waals surface area contributed by atoms with E-state index in [-0.39, 0.29) is 31.4 Å². The number of hydrogen-bond donors (Lipinski definition) is 2. The lowest BCUT2D eigenvalue weighted by Crippen LogP contribution is -2.47. The van der Waals surface area contributed by atoms with Crippen molar-refractivity contribution in [1.82, 2.24) is 5.32 Å². The highest BCUT2D eigenvalue weighted by Crippen LogP contribution is 2.45.